The van der Waals surface area contributed by atoms with Crippen LogP contribution < -0.4 is 21.1 Å². The molecule has 3 amide bonds. The van der Waals surface area contributed by atoms with Crippen molar-refractivity contribution < 1.29 is 18.7 Å². The molecule has 0 spiro atoms. The monoisotopic (exact) mass is 331 g/mol. The van der Waals surface area contributed by atoms with Crippen LogP contribution in [0.4, 0.5) is 20.6 Å². The van der Waals surface area contributed by atoms with Gasteiger partial charge in [-0.3, -0.25) is 4.79 Å². The Morgan fingerprint density at radius 1 is 1.04 bits per heavy atom. The van der Waals surface area contributed by atoms with Crippen molar-refractivity contribution in [1.29, 1.82) is 0 Å². The molecule has 2 aromatic carbocycles. The Morgan fingerprint density at radius 2 is 1.75 bits per heavy atom. The molecule has 0 aliphatic rings. The minimum Gasteiger partial charge on any atom is -0.493 e. The van der Waals surface area contributed by atoms with Gasteiger partial charge in [0.2, 0.25) is 5.91 Å². The third-order valence-corrected chi connectivity index (χ3v) is 3.03. The molecule has 7 heteroatoms. The van der Waals surface area contributed by atoms with Gasteiger partial charge in [-0.15, -0.1) is 0 Å². The summed E-state index contributed by atoms with van der Waals surface area (Å²) in [5.74, 6) is -0.121. The zero-order valence-electron chi connectivity index (χ0n) is 12.9. The molecule has 0 aliphatic heterocycles. The van der Waals surface area contributed by atoms with Crippen LogP contribution in [0.15, 0.2) is 48.5 Å². The number of benzene rings is 2. The molecule has 126 valence electrons. The second-order valence-electron chi connectivity index (χ2n) is 5.03. The molecule has 0 unspecified atom stereocenters. The lowest BCUT2D eigenvalue weighted by Gasteiger charge is -2.08. The van der Waals surface area contributed by atoms with Gasteiger partial charge in [-0.05, 0) is 36.8 Å². The molecule has 24 heavy (non-hydrogen) atoms. The summed E-state index contributed by atoms with van der Waals surface area (Å²) in [5.41, 5.74) is 6.09. The maximum absolute atomic E-state index is 13.0. The van der Waals surface area contributed by atoms with Crippen molar-refractivity contribution in [3.8, 4) is 5.75 Å². The number of carbonyl (C=O) groups is 2. The van der Waals surface area contributed by atoms with Crippen molar-refractivity contribution in [3.05, 3.63) is 54.3 Å². The first-order valence-electron chi connectivity index (χ1n) is 7.37. The first-order chi connectivity index (χ1) is 11.5. The fourth-order valence-corrected chi connectivity index (χ4v) is 2.02. The molecule has 0 saturated carbocycles. The van der Waals surface area contributed by atoms with Gasteiger partial charge in [-0.2, -0.15) is 0 Å². The van der Waals surface area contributed by atoms with Gasteiger partial charge < -0.3 is 21.1 Å². The highest BCUT2D eigenvalue weighted by molar-refractivity contribution is 5.93. The van der Waals surface area contributed by atoms with Crippen molar-refractivity contribution in [1.82, 2.24) is 0 Å². The standard InChI is InChI=1S/C17H18FN3O3/c18-12-4-1-7-15(10-12)24-9-3-8-16(22)20-13-5-2-6-14(11-13)21-17(19)23/h1-2,4-7,10-11H,3,8-9H2,(H,20,22)(H3,19,21,23). The van der Waals surface area contributed by atoms with Gasteiger partial charge in [0.05, 0.1) is 6.61 Å². The van der Waals surface area contributed by atoms with E-state index in [1.165, 1.54) is 12.1 Å². The minimum atomic E-state index is -0.673. The maximum atomic E-state index is 13.0. The number of primary amides is 1. The molecule has 0 radical (unpaired) electrons. The van der Waals surface area contributed by atoms with Crippen LogP contribution in [0.25, 0.3) is 0 Å². The van der Waals surface area contributed by atoms with Gasteiger partial charge in [0, 0.05) is 23.9 Å². The Balaban J connectivity index is 1.74. The lowest BCUT2D eigenvalue weighted by molar-refractivity contribution is -0.116. The number of hydrogen-bond donors (Lipinski definition) is 3. The first kappa shape index (κ1) is 17.3. The van der Waals surface area contributed by atoms with Gasteiger partial charge in [0.1, 0.15) is 11.6 Å². The van der Waals surface area contributed by atoms with E-state index in [0.717, 1.165) is 0 Å². The Morgan fingerprint density at radius 3 is 2.46 bits per heavy atom. The van der Waals surface area contributed by atoms with E-state index in [1.807, 2.05) is 0 Å². The van der Waals surface area contributed by atoms with Crippen molar-refractivity contribution >= 4 is 23.3 Å². The van der Waals surface area contributed by atoms with Crippen LogP contribution in [0.1, 0.15) is 12.8 Å². The van der Waals surface area contributed by atoms with E-state index in [0.29, 0.717) is 30.2 Å². The summed E-state index contributed by atoms with van der Waals surface area (Å²) in [6, 6.07) is 11.8. The Labute approximate surface area is 138 Å². The summed E-state index contributed by atoms with van der Waals surface area (Å²) < 4.78 is 18.3. The molecule has 0 aromatic heterocycles. The molecule has 4 N–H and O–H groups in total. The van der Waals surface area contributed by atoms with Crippen LogP contribution >= 0.6 is 0 Å². The number of nitrogens with one attached hydrogen (secondary N) is 2. The fourth-order valence-electron chi connectivity index (χ4n) is 2.02. The SMILES string of the molecule is NC(=O)Nc1cccc(NC(=O)CCCOc2cccc(F)c2)c1. The molecule has 2 aromatic rings. The van der Waals surface area contributed by atoms with Crippen LogP contribution in [0, 0.1) is 5.82 Å². The summed E-state index contributed by atoms with van der Waals surface area (Å²) >= 11 is 0. The number of hydrogen-bond acceptors (Lipinski definition) is 3. The van der Waals surface area contributed by atoms with E-state index in [4.69, 9.17) is 10.5 Å². The van der Waals surface area contributed by atoms with E-state index in [-0.39, 0.29) is 18.1 Å². The van der Waals surface area contributed by atoms with E-state index in [9.17, 15) is 14.0 Å². The number of amides is 3. The summed E-state index contributed by atoms with van der Waals surface area (Å²) in [6.45, 7) is 0.306. The number of carbonyl (C=O) groups excluding carboxylic acids is 2. The summed E-state index contributed by atoms with van der Waals surface area (Å²) in [5, 5.41) is 5.15. The summed E-state index contributed by atoms with van der Waals surface area (Å²) in [7, 11) is 0. The molecule has 0 fully saturated rings. The number of ether oxygens (including phenoxy) is 1. The summed E-state index contributed by atoms with van der Waals surface area (Å²) in [6.07, 6.45) is 0.740. The average Bonchev–Trinajstić information content (AvgIpc) is 2.51. The van der Waals surface area contributed by atoms with E-state index < -0.39 is 6.03 Å². The molecule has 0 heterocycles. The number of anilines is 2. The molecular formula is C17H18FN3O3. The van der Waals surface area contributed by atoms with Crippen molar-refractivity contribution in [2.75, 3.05) is 17.2 Å². The molecule has 6 nitrogen and oxygen atoms in total. The Hall–Kier alpha value is -3.09. The quantitative estimate of drug-likeness (QED) is 0.681. The number of urea groups is 1. The molecule has 0 saturated heterocycles. The number of halogens is 1. The first-order valence-corrected chi connectivity index (χ1v) is 7.37. The zero-order valence-corrected chi connectivity index (χ0v) is 12.9. The second-order valence-corrected chi connectivity index (χ2v) is 5.03. The van der Waals surface area contributed by atoms with Gasteiger partial charge >= 0.3 is 6.03 Å². The van der Waals surface area contributed by atoms with Crippen molar-refractivity contribution in [3.63, 3.8) is 0 Å². The van der Waals surface area contributed by atoms with E-state index >= 15 is 0 Å². The molecule has 0 atom stereocenters. The molecule has 0 aliphatic carbocycles. The van der Waals surface area contributed by atoms with Gasteiger partial charge in [0.15, 0.2) is 0 Å². The maximum Gasteiger partial charge on any atom is 0.316 e. The van der Waals surface area contributed by atoms with Gasteiger partial charge in [-0.1, -0.05) is 12.1 Å². The second kappa shape index (κ2) is 8.52. The van der Waals surface area contributed by atoms with E-state index in [2.05, 4.69) is 10.6 Å². The number of nitrogens with two attached hydrogens (primary N) is 1. The molecule has 2 rings (SSSR count). The van der Waals surface area contributed by atoms with Gasteiger partial charge in [0.25, 0.3) is 0 Å². The normalized spacial score (nSPS) is 10.0. The lowest BCUT2D eigenvalue weighted by atomic mass is 10.2. The number of rotatable bonds is 7. The molecule has 0 bridgehead atoms. The van der Waals surface area contributed by atoms with Crippen LogP contribution in [0.5, 0.6) is 5.75 Å². The third kappa shape index (κ3) is 5.96. The lowest BCUT2D eigenvalue weighted by Crippen LogP contribution is -2.19. The van der Waals surface area contributed by atoms with Crippen LogP contribution in [0.2, 0.25) is 0 Å². The topological polar surface area (TPSA) is 93.5 Å². The van der Waals surface area contributed by atoms with Crippen molar-refractivity contribution in [2.45, 2.75) is 12.8 Å². The van der Waals surface area contributed by atoms with Crippen LogP contribution in [-0.2, 0) is 4.79 Å². The highest BCUT2D eigenvalue weighted by Gasteiger charge is 2.04. The highest BCUT2D eigenvalue weighted by atomic mass is 19.1. The fraction of sp³-hybridized carbons (Fsp3) is 0.176. The van der Waals surface area contributed by atoms with Crippen molar-refractivity contribution in [2.24, 2.45) is 5.73 Å². The Bertz CT molecular complexity index is 722. The third-order valence-electron chi connectivity index (χ3n) is 3.03. The highest BCUT2D eigenvalue weighted by Crippen LogP contribution is 2.16. The Kier molecular flexibility index (Phi) is 6.13. The molecular weight excluding hydrogens is 313 g/mol. The summed E-state index contributed by atoms with van der Waals surface area (Å²) in [4.78, 5) is 22.7. The van der Waals surface area contributed by atoms with Crippen LogP contribution in [0.3, 0.4) is 0 Å². The predicted octanol–water partition coefficient (Wildman–Crippen LogP) is 3.11. The predicted molar refractivity (Wildman–Crippen MR) is 89.4 cm³/mol. The zero-order chi connectivity index (χ0) is 17.4. The van der Waals surface area contributed by atoms with E-state index in [1.54, 1.807) is 36.4 Å². The average molecular weight is 331 g/mol. The van der Waals surface area contributed by atoms with Crippen LogP contribution in [-0.4, -0.2) is 18.5 Å². The largest absolute Gasteiger partial charge is 0.493 e. The smallest absolute Gasteiger partial charge is 0.316 e. The minimum absolute atomic E-state index is 0.186. The van der Waals surface area contributed by atoms with Gasteiger partial charge in [-0.25, -0.2) is 9.18 Å².